The van der Waals surface area contributed by atoms with Crippen LogP contribution in [0.15, 0.2) is 24.3 Å². The van der Waals surface area contributed by atoms with Gasteiger partial charge >= 0.3 is 6.09 Å². The zero-order valence-electron chi connectivity index (χ0n) is 13.1. The molecule has 4 nitrogen and oxygen atoms in total. The summed E-state index contributed by atoms with van der Waals surface area (Å²) in [5, 5.41) is 3.60. The largest absolute Gasteiger partial charge is 0.443 e. The summed E-state index contributed by atoms with van der Waals surface area (Å²) in [6, 6.07) is 8.45. The van der Waals surface area contributed by atoms with Gasteiger partial charge in [-0.25, -0.2) is 4.79 Å². The minimum Gasteiger partial charge on any atom is -0.443 e. The van der Waals surface area contributed by atoms with E-state index >= 15 is 0 Å². The van der Waals surface area contributed by atoms with Crippen molar-refractivity contribution in [3.63, 3.8) is 0 Å². The summed E-state index contributed by atoms with van der Waals surface area (Å²) in [6.07, 6.45) is 2.27. The molecule has 1 fully saturated rings. The monoisotopic (exact) mass is 288 g/mol. The fourth-order valence-corrected chi connectivity index (χ4v) is 2.83. The molecule has 0 radical (unpaired) electrons. The van der Waals surface area contributed by atoms with Gasteiger partial charge in [-0.2, -0.15) is 0 Å². The van der Waals surface area contributed by atoms with Crippen LogP contribution in [-0.2, 0) is 11.3 Å². The van der Waals surface area contributed by atoms with Crippen LogP contribution in [0.4, 0.5) is 10.5 Å². The molecule has 0 spiro atoms. The van der Waals surface area contributed by atoms with Crippen molar-refractivity contribution in [3.8, 4) is 0 Å². The first-order chi connectivity index (χ1) is 9.94. The van der Waals surface area contributed by atoms with Crippen LogP contribution in [0.25, 0.3) is 0 Å². The number of anilines is 1. The van der Waals surface area contributed by atoms with Crippen molar-refractivity contribution in [2.24, 2.45) is 5.92 Å². The van der Waals surface area contributed by atoms with Gasteiger partial charge in [0.1, 0.15) is 5.60 Å². The van der Waals surface area contributed by atoms with Crippen LogP contribution < -0.4 is 10.2 Å². The molecule has 114 valence electrons. The molecule has 1 amide bonds. The minimum atomic E-state index is -0.471. The van der Waals surface area contributed by atoms with Crippen LogP contribution in [0.1, 0.15) is 39.2 Å². The molecular weight excluding hydrogens is 264 g/mol. The quantitative estimate of drug-likeness (QED) is 0.862. The maximum atomic E-state index is 12.6. The average molecular weight is 288 g/mol. The molecule has 1 N–H and O–H groups in total. The highest BCUT2D eigenvalue weighted by atomic mass is 16.6. The van der Waals surface area contributed by atoms with Crippen LogP contribution >= 0.6 is 0 Å². The lowest BCUT2D eigenvalue weighted by Crippen LogP contribution is -2.44. The standard InChI is InChI=1S/C17H24N2O2/c1-17(2,3)21-16(20)19-11-14(12-8-9-12)18-10-13-6-4-5-7-15(13)19/h4-7,12,14,18H,8-11H2,1-3H3. The number of nitrogens with zero attached hydrogens (tertiary/aromatic N) is 1. The van der Waals surface area contributed by atoms with E-state index in [1.54, 1.807) is 0 Å². The number of carbonyl (C=O) groups is 1. The Balaban J connectivity index is 1.87. The van der Waals surface area contributed by atoms with E-state index in [-0.39, 0.29) is 6.09 Å². The normalized spacial score (nSPS) is 22.4. The molecule has 1 aliphatic heterocycles. The number of carbonyl (C=O) groups excluding carboxylic acids is 1. The summed E-state index contributed by atoms with van der Waals surface area (Å²) < 4.78 is 5.60. The van der Waals surface area contributed by atoms with Gasteiger partial charge in [-0.3, -0.25) is 4.90 Å². The Morgan fingerprint density at radius 3 is 2.67 bits per heavy atom. The Kier molecular flexibility index (Phi) is 3.66. The number of ether oxygens (including phenoxy) is 1. The Hall–Kier alpha value is -1.55. The molecule has 3 rings (SSSR count). The molecule has 1 aromatic rings. The van der Waals surface area contributed by atoms with Gasteiger partial charge in [0.15, 0.2) is 0 Å². The number of nitrogens with one attached hydrogen (secondary N) is 1. The molecule has 0 saturated heterocycles. The predicted molar refractivity (Wildman–Crippen MR) is 83.4 cm³/mol. The third-order valence-electron chi connectivity index (χ3n) is 4.02. The van der Waals surface area contributed by atoms with Crippen molar-refractivity contribution >= 4 is 11.8 Å². The number of benzene rings is 1. The maximum Gasteiger partial charge on any atom is 0.414 e. The molecule has 21 heavy (non-hydrogen) atoms. The Morgan fingerprint density at radius 1 is 1.29 bits per heavy atom. The van der Waals surface area contributed by atoms with E-state index in [0.717, 1.165) is 17.8 Å². The van der Waals surface area contributed by atoms with Gasteiger partial charge in [0, 0.05) is 19.1 Å². The van der Waals surface area contributed by atoms with Crippen LogP contribution in [-0.4, -0.2) is 24.3 Å². The van der Waals surface area contributed by atoms with Gasteiger partial charge in [-0.15, -0.1) is 0 Å². The number of rotatable bonds is 1. The van der Waals surface area contributed by atoms with Gasteiger partial charge in [0.25, 0.3) is 0 Å². The highest BCUT2D eigenvalue weighted by molar-refractivity contribution is 5.89. The van der Waals surface area contributed by atoms with E-state index in [1.807, 2.05) is 43.9 Å². The zero-order chi connectivity index (χ0) is 15.0. The lowest BCUT2D eigenvalue weighted by molar-refractivity contribution is 0.0577. The van der Waals surface area contributed by atoms with Crippen molar-refractivity contribution in [2.75, 3.05) is 11.4 Å². The zero-order valence-corrected chi connectivity index (χ0v) is 13.1. The van der Waals surface area contributed by atoms with Crippen LogP contribution in [0.2, 0.25) is 0 Å². The smallest absolute Gasteiger partial charge is 0.414 e. The summed E-state index contributed by atoms with van der Waals surface area (Å²) in [4.78, 5) is 14.4. The van der Waals surface area contributed by atoms with Crippen LogP contribution in [0.5, 0.6) is 0 Å². The molecule has 0 bridgehead atoms. The van der Waals surface area contributed by atoms with E-state index in [2.05, 4.69) is 11.4 Å². The van der Waals surface area contributed by atoms with E-state index < -0.39 is 5.60 Å². The van der Waals surface area contributed by atoms with Gasteiger partial charge in [0.05, 0.1) is 5.69 Å². The first-order valence-corrected chi connectivity index (χ1v) is 7.76. The van der Waals surface area contributed by atoms with Crippen LogP contribution in [0.3, 0.4) is 0 Å². The molecule has 1 unspecified atom stereocenters. The summed E-state index contributed by atoms with van der Waals surface area (Å²) in [5.74, 6) is 0.698. The molecule has 1 heterocycles. The second-order valence-electron chi connectivity index (χ2n) is 7.04. The van der Waals surface area contributed by atoms with Gasteiger partial charge < -0.3 is 10.1 Å². The molecule has 2 aliphatic rings. The minimum absolute atomic E-state index is 0.246. The fourth-order valence-electron chi connectivity index (χ4n) is 2.83. The van der Waals surface area contributed by atoms with Crippen molar-refractivity contribution in [1.29, 1.82) is 0 Å². The molecule has 1 aliphatic carbocycles. The van der Waals surface area contributed by atoms with Gasteiger partial charge in [-0.1, -0.05) is 18.2 Å². The lowest BCUT2D eigenvalue weighted by Gasteiger charge is -2.29. The average Bonchev–Trinajstić information content (AvgIpc) is 3.22. The van der Waals surface area contributed by atoms with E-state index in [0.29, 0.717) is 18.5 Å². The van der Waals surface area contributed by atoms with Gasteiger partial charge in [0.2, 0.25) is 0 Å². The third-order valence-corrected chi connectivity index (χ3v) is 4.02. The van der Waals surface area contributed by atoms with Gasteiger partial charge in [-0.05, 0) is 51.2 Å². The lowest BCUT2D eigenvalue weighted by atomic mass is 10.1. The Morgan fingerprint density at radius 2 is 2.00 bits per heavy atom. The number of fused-ring (bicyclic) bond motifs is 1. The van der Waals surface area contributed by atoms with Crippen molar-refractivity contribution in [1.82, 2.24) is 5.32 Å². The van der Waals surface area contributed by atoms with E-state index in [9.17, 15) is 4.79 Å². The van der Waals surface area contributed by atoms with E-state index in [4.69, 9.17) is 4.74 Å². The SMILES string of the molecule is CC(C)(C)OC(=O)N1CC(C2CC2)NCc2ccccc21. The first-order valence-electron chi connectivity index (χ1n) is 7.76. The number of amides is 1. The van der Waals surface area contributed by atoms with E-state index in [1.165, 1.54) is 12.8 Å². The Labute approximate surface area is 126 Å². The third kappa shape index (κ3) is 3.38. The van der Waals surface area contributed by atoms with Crippen molar-refractivity contribution in [2.45, 2.75) is 51.8 Å². The Bertz CT molecular complexity index is 532. The number of hydrogen-bond acceptors (Lipinski definition) is 3. The molecule has 1 saturated carbocycles. The molecule has 1 atom stereocenters. The molecule has 0 aromatic heterocycles. The highest BCUT2D eigenvalue weighted by Gasteiger charge is 2.36. The first kappa shape index (κ1) is 14.4. The molecule has 1 aromatic carbocycles. The summed E-state index contributed by atoms with van der Waals surface area (Å²) in [5.41, 5.74) is 1.66. The second kappa shape index (κ2) is 5.34. The highest BCUT2D eigenvalue weighted by Crippen LogP contribution is 2.36. The van der Waals surface area contributed by atoms with Crippen molar-refractivity contribution in [3.05, 3.63) is 29.8 Å². The second-order valence-corrected chi connectivity index (χ2v) is 7.04. The number of para-hydroxylation sites is 1. The topological polar surface area (TPSA) is 41.6 Å². The summed E-state index contributed by atoms with van der Waals surface area (Å²) in [6.45, 7) is 7.23. The summed E-state index contributed by atoms with van der Waals surface area (Å²) >= 11 is 0. The van der Waals surface area contributed by atoms with Crippen molar-refractivity contribution < 1.29 is 9.53 Å². The van der Waals surface area contributed by atoms with Crippen LogP contribution in [0, 0.1) is 5.92 Å². The predicted octanol–water partition coefficient (Wildman–Crippen LogP) is 3.31. The molecule has 4 heteroatoms. The maximum absolute atomic E-state index is 12.6. The fraction of sp³-hybridized carbons (Fsp3) is 0.588. The molecular formula is C17H24N2O2. The summed E-state index contributed by atoms with van der Waals surface area (Å²) in [7, 11) is 0. The number of hydrogen-bond donors (Lipinski definition) is 1.